The predicted molar refractivity (Wildman–Crippen MR) is 69.5 cm³/mol. The van der Waals surface area contributed by atoms with Gasteiger partial charge in [-0.3, -0.25) is 9.59 Å². The van der Waals surface area contributed by atoms with E-state index in [0.29, 0.717) is 0 Å². The Labute approximate surface area is 123 Å². The minimum Gasteiger partial charge on any atom is -0.481 e. The molecule has 2 rings (SSSR count). The minimum atomic E-state index is -2.89. The van der Waals surface area contributed by atoms with E-state index >= 15 is 0 Å². The lowest BCUT2D eigenvalue weighted by Crippen LogP contribution is -2.17. The molecule has 3 nitrogen and oxygen atoms in total. The smallest absolute Gasteiger partial charge is 0.308 e. The molecule has 1 aromatic carbocycles. The fraction of sp³-hybridized carbons (Fsp3) is 0.385. The van der Waals surface area contributed by atoms with Gasteiger partial charge >= 0.3 is 5.97 Å². The molecule has 0 heterocycles. The van der Waals surface area contributed by atoms with E-state index in [-0.39, 0.29) is 15.6 Å². The average molecular weight is 323 g/mol. The van der Waals surface area contributed by atoms with Crippen molar-refractivity contribution in [3.8, 4) is 0 Å². The molecular formula is C13H10Cl2F2O3. The van der Waals surface area contributed by atoms with Crippen molar-refractivity contribution < 1.29 is 23.5 Å². The van der Waals surface area contributed by atoms with Crippen LogP contribution in [0.5, 0.6) is 0 Å². The standard InChI is InChI=1S/C13H10Cl2F2O3/c1-13(12(16)17)8(9(13)11(19)20)10(18)5-2-3-6(14)7(15)4-5/h2-4,8-9,12H,1H3,(H,19,20)/t8-,9?,13+/m1/s1. The number of carbonyl (C=O) groups excluding carboxylic acids is 1. The van der Waals surface area contributed by atoms with Crippen LogP contribution in [0, 0.1) is 17.3 Å². The molecule has 7 heteroatoms. The summed E-state index contributed by atoms with van der Waals surface area (Å²) in [6.45, 7) is 1.11. The molecule has 1 N–H and O–H groups in total. The molecule has 0 aliphatic heterocycles. The average Bonchev–Trinajstić information content (AvgIpc) is 3.00. The Kier molecular flexibility index (Phi) is 3.77. The number of carbonyl (C=O) groups is 2. The zero-order chi connectivity index (χ0) is 15.2. The lowest BCUT2D eigenvalue weighted by molar-refractivity contribution is -0.140. The molecule has 0 saturated heterocycles. The van der Waals surface area contributed by atoms with Gasteiger partial charge in [0.05, 0.1) is 21.4 Å². The van der Waals surface area contributed by atoms with E-state index in [1.54, 1.807) is 0 Å². The van der Waals surface area contributed by atoms with Crippen molar-refractivity contribution in [1.82, 2.24) is 0 Å². The molecule has 108 valence electrons. The van der Waals surface area contributed by atoms with Gasteiger partial charge in [0.2, 0.25) is 6.43 Å². The normalized spacial score (nSPS) is 28.5. The third-order valence-electron chi connectivity index (χ3n) is 3.79. The number of hydrogen-bond donors (Lipinski definition) is 1. The molecule has 0 amide bonds. The van der Waals surface area contributed by atoms with Crippen LogP contribution in [-0.2, 0) is 4.79 Å². The highest BCUT2D eigenvalue weighted by Gasteiger charge is 2.73. The second kappa shape index (κ2) is 4.97. The largest absolute Gasteiger partial charge is 0.481 e. The summed E-state index contributed by atoms with van der Waals surface area (Å²) in [6, 6.07) is 3.98. The Bertz CT molecular complexity index is 591. The summed E-state index contributed by atoms with van der Waals surface area (Å²) in [5, 5.41) is 9.31. The van der Waals surface area contributed by atoms with Crippen LogP contribution in [0.1, 0.15) is 17.3 Å². The molecule has 1 aliphatic carbocycles. The highest BCUT2D eigenvalue weighted by atomic mass is 35.5. The Morgan fingerprint density at radius 3 is 2.25 bits per heavy atom. The fourth-order valence-corrected chi connectivity index (χ4v) is 2.77. The van der Waals surface area contributed by atoms with Crippen LogP contribution in [0.2, 0.25) is 10.0 Å². The quantitative estimate of drug-likeness (QED) is 0.858. The summed E-state index contributed by atoms with van der Waals surface area (Å²) >= 11 is 11.5. The zero-order valence-corrected chi connectivity index (χ0v) is 11.8. The van der Waals surface area contributed by atoms with Crippen LogP contribution in [0.25, 0.3) is 0 Å². The topological polar surface area (TPSA) is 54.4 Å². The van der Waals surface area contributed by atoms with Crippen LogP contribution in [0.3, 0.4) is 0 Å². The molecule has 0 bridgehead atoms. The first-order valence-electron chi connectivity index (χ1n) is 5.71. The van der Waals surface area contributed by atoms with Gasteiger partial charge in [-0.05, 0) is 18.2 Å². The number of carboxylic acids is 1. The van der Waals surface area contributed by atoms with Crippen molar-refractivity contribution in [2.75, 3.05) is 0 Å². The van der Waals surface area contributed by atoms with Crippen LogP contribution >= 0.6 is 23.2 Å². The Morgan fingerprint density at radius 1 is 1.25 bits per heavy atom. The molecule has 20 heavy (non-hydrogen) atoms. The molecular weight excluding hydrogens is 313 g/mol. The van der Waals surface area contributed by atoms with Gasteiger partial charge in [0, 0.05) is 11.5 Å². The Hall–Kier alpha value is -1.20. The molecule has 0 spiro atoms. The molecule has 1 unspecified atom stereocenters. The van der Waals surface area contributed by atoms with Crippen LogP contribution in [-0.4, -0.2) is 23.3 Å². The number of Topliss-reactive ketones (excluding diaryl/α,β-unsaturated/α-hetero) is 1. The maximum Gasteiger partial charge on any atom is 0.308 e. The second-order valence-corrected chi connectivity index (χ2v) is 5.77. The van der Waals surface area contributed by atoms with E-state index in [1.807, 2.05) is 0 Å². The summed E-state index contributed by atoms with van der Waals surface area (Å²) in [4.78, 5) is 23.2. The maximum atomic E-state index is 13.0. The van der Waals surface area contributed by atoms with Crippen molar-refractivity contribution in [1.29, 1.82) is 0 Å². The highest BCUT2D eigenvalue weighted by molar-refractivity contribution is 6.42. The third kappa shape index (κ3) is 2.19. The van der Waals surface area contributed by atoms with E-state index < -0.39 is 35.4 Å². The lowest BCUT2D eigenvalue weighted by atomic mass is 10.0. The number of alkyl halides is 2. The number of halogens is 4. The van der Waals surface area contributed by atoms with E-state index in [0.717, 1.165) is 6.92 Å². The molecule has 1 fully saturated rings. The number of ketones is 1. The first kappa shape index (κ1) is 15.2. The first-order valence-corrected chi connectivity index (χ1v) is 6.47. The number of carboxylic acid groups (broad SMARTS) is 1. The summed E-state index contributed by atoms with van der Waals surface area (Å²) in [5.41, 5.74) is -1.75. The van der Waals surface area contributed by atoms with Gasteiger partial charge in [0.25, 0.3) is 0 Å². The van der Waals surface area contributed by atoms with Crippen LogP contribution < -0.4 is 0 Å². The SMILES string of the molecule is C[C@@]1(C(F)F)C(C(=O)O)[C@@H]1C(=O)c1ccc(Cl)c(Cl)c1. The Balaban J connectivity index is 2.34. The van der Waals surface area contributed by atoms with E-state index in [2.05, 4.69) is 0 Å². The number of benzene rings is 1. The van der Waals surface area contributed by atoms with Crippen LogP contribution in [0.15, 0.2) is 18.2 Å². The molecule has 1 saturated carbocycles. The zero-order valence-electron chi connectivity index (χ0n) is 10.2. The molecule has 1 aromatic rings. The van der Waals surface area contributed by atoms with Crippen molar-refractivity contribution in [2.45, 2.75) is 13.3 Å². The van der Waals surface area contributed by atoms with Crippen molar-refractivity contribution in [2.24, 2.45) is 17.3 Å². The second-order valence-electron chi connectivity index (χ2n) is 4.95. The number of aliphatic carboxylic acids is 1. The van der Waals surface area contributed by atoms with Gasteiger partial charge in [-0.15, -0.1) is 0 Å². The first-order chi connectivity index (χ1) is 9.21. The number of hydrogen-bond acceptors (Lipinski definition) is 2. The van der Waals surface area contributed by atoms with Crippen molar-refractivity contribution in [3.05, 3.63) is 33.8 Å². The van der Waals surface area contributed by atoms with E-state index in [9.17, 15) is 18.4 Å². The molecule has 1 aliphatic rings. The Morgan fingerprint density at radius 2 is 1.85 bits per heavy atom. The van der Waals surface area contributed by atoms with Crippen molar-refractivity contribution >= 4 is 35.0 Å². The maximum absolute atomic E-state index is 13.0. The van der Waals surface area contributed by atoms with Gasteiger partial charge in [0.1, 0.15) is 0 Å². The predicted octanol–water partition coefficient (Wildman–Crippen LogP) is 3.78. The molecule has 0 aromatic heterocycles. The van der Waals surface area contributed by atoms with Gasteiger partial charge in [0.15, 0.2) is 5.78 Å². The highest BCUT2D eigenvalue weighted by Crippen LogP contribution is 2.63. The van der Waals surface area contributed by atoms with Gasteiger partial charge in [-0.1, -0.05) is 30.1 Å². The summed E-state index contributed by atoms with van der Waals surface area (Å²) < 4.78 is 26.0. The minimum absolute atomic E-state index is 0.0834. The molecule has 0 radical (unpaired) electrons. The number of rotatable bonds is 4. The summed E-state index contributed by atoms with van der Waals surface area (Å²) in [7, 11) is 0. The summed E-state index contributed by atoms with van der Waals surface area (Å²) in [5.74, 6) is -4.69. The molecule has 3 atom stereocenters. The monoisotopic (exact) mass is 322 g/mol. The fourth-order valence-electron chi connectivity index (χ4n) is 2.48. The summed E-state index contributed by atoms with van der Waals surface area (Å²) in [6.07, 6.45) is -2.89. The van der Waals surface area contributed by atoms with Crippen LogP contribution in [0.4, 0.5) is 8.78 Å². The van der Waals surface area contributed by atoms with Crippen molar-refractivity contribution in [3.63, 3.8) is 0 Å². The van der Waals surface area contributed by atoms with Gasteiger partial charge in [-0.2, -0.15) is 0 Å². The van der Waals surface area contributed by atoms with E-state index in [1.165, 1.54) is 18.2 Å². The van der Waals surface area contributed by atoms with E-state index in [4.69, 9.17) is 28.3 Å². The third-order valence-corrected chi connectivity index (χ3v) is 4.53. The van der Waals surface area contributed by atoms with Gasteiger partial charge in [-0.25, -0.2) is 8.78 Å². The van der Waals surface area contributed by atoms with Gasteiger partial charge < -0.3 is 5.11 Å². The lowest BCUT2D eigenvalue weighted by Gasteiger charge is -2.09.